The van der Waals surface area contributed by atoms with Gasteiger partial charge in [0.15, 0.2) is 0 Å². The largest absolute Gasteiger partial charge is 0.543 e. The Kier molecular flexibility index (Phi) is 3.01. The molecular formula is C14H22N2OSi. The number of aromatic nitrogens is 2. The third-order valence-corrected chi connectivity index (χ3v) is 8.26. The maximum Gasteiger partial charge on any atom is 0.250 e. The highest BCUT2D eigenvalue weighted by Gasteiger charge is 2.38. The summed E-state index contributed by atoms with van der Waals surface area (Å²) in [6, 6.07) is 6.21. The van der Waals surface area contributed by atoms with Crippen LogP contribution in [0.15, 0.2) is 24.4 Å². The second-order valence-corrected chi connectivity index (χ2v) is 11.1. The highest BCUT2D eigenvalue weighted by atomic mass is 28.4. The second-order valence-electron chi connectivity index (χ2n) is 6.35. The minimum absolute atomic E-state index is 0.219. The van der Waals surface area contributed by atoms with Gasteiger partial charge in [0, 0.05) is 12.4 Å². The van der Waals surface area contributed by atoms with E-state index in [0.29, 0.717) is 0 Å². The molecule has 2 aromatic rings. The van der Waals surface area contributed by atoms with Gasteiger partial charge in [0.2, 0.25) is 8.32 Å². The summed E-state index contributed by atoms with van der Waals surface area (Å²) in [5.41, 5.74) is 1.14. The van der Waals surface area contributed by atoms with Gasteiger partial charge in [-0.3, -0.25) is 4.68 Å². The monoisotopic (exact) mass is 262 g/mol. The molecule has 18 heavy (non-hydrogen) atoms. The van der Waals surface area contributed by atoms with Crippen molar-refractivity contribution in [2.75, 3.05) is 0 Å². The van der Waals surface area contributed by atoms with Gasteiger partial charge in [0.1, 0.15) is 5.75 Å². The predicted molar refractivity (Wildman–Crippen MR) is 78.5 cm³/mol. The third-order valence-electron chi connectivity index (χ3n) is 3.90. The van der Waals surface area contributed by atoms with Crippen LogP contribution >= 0.6 is 0 Å². The van der Waals surface area contributed by atoms with Gasteiger partial charge in [-0.2, -0.15) is 5.10 Å². The smallest absolute Gasteiger partial charge is 0.250 e. The molecule has 0 spiro atoms. The Hall–Kier alpha value is -1.29. The van der Waals surface area contributed by atoms with Gasteiger partial charge in [-0.25, -0.2) is 0 Å². The first-order valence-electron chi connectivity index (χ1n) is 6.31. The van der Waals surface area contributed by atoms with E-state index in [0.717, 1.165) is 16.7 Å². The van der Waals surface area contributed by atoms with Crippen molar-refractivity contribution < 1.29 is 4.43 Å². The molecule has 0 unspecified atom stereocenters. The lowest BCUT2D eigenvalue weighted by atomic mass is 10.2. The summed E-state index contributed by atoms with van der Waals surface area (Å²) in [5.74, 6) is 0.960. The van der Waals surface area contributed by atoms with E-state index in [1.807, 2.05) is 24.0 Å². The van der Waals surface area contributed by atoms with Gasteiger partial charge >= 0.3 is 0 Å². The van der Waals surface area contributed by atoms with Crippen molar-refractivity contribution in [1.29, 1.82) is 0 Å². The first kappa shape index (κ1) is 13.1. The van der Waals surface area contributed by atoms with Gasteiger partial charge in [0.05, 0.1) is 11.7 Å². The molecule has 0 aliphatic rings. The SMILES string of the molecule is Cn1ncc2cc(O[Si](C)(C)C(C)(C)C)ccc21. The average molecular weight is 262 g/mol. The number of fused-ring (bicyclic) bond motifs is 1. The van der Waals surface area contributed by atoms with E-state index < -0.39 is 8.32 Å². The first-order chi connectivity index (χ1) is 8.21. The van der Waals surface area contributed by atoms with E-state index >= 15 is 0 Å². The molecule has 1 aromatic carbocycles. The van der Waals surface area contributed by atoms with Crippen molar-refractivity contribution >= 4 is 19.2 Å². The molecule has 0 amide bonds. The van der Waals surface area contributed by atoms with Crippen LogP contribution in [0, 0.1) is 0 Å². The van der Waals surface area contributed by atoms with Crippen molar-refractivity contribution in [1.82, 2.24) is 9.78 Å². The maximum atomic E-state index is 6.29. The van der Waals surface area contributed by atoms with Crippen LogP contribution in [0.25, 0.3) is 10.9 Å². The third kappa shape index (κ3) is 2.29. The number of aryl methyl sites for hydroxylation is 1. The van der Waals surface area contributed by atoms with Crippen LogP contribution < -0.4 is 4.43 Å². The highest BCUT2D eigenvalue weighted by Crippen LogP contribution is 2.37. The van der Waals surface area contributed by atoms with Crippen LogP contribution in [-0.2, 0) is 7.05 Å². The fourth-order valence-electron chi connectivity index (χ4n) is 1.65. The quantitative estimate of drug-likeness (QED) is 0.766. The summed E-state index contributed by atoms with van der Waals surface area (Å²) in [6.07, 6.45) is 1.88. The summed E-state index contributed by atoms with van der Waals surface area (Å²) >= 11 is 0. The van der Waals surface area contributed by atoms with Gasteiger partial charge in [-0.15, -0.1) is 0 Å². The molecule has 4 heteroatoms. The zero-order chi connectivity index (χ0) is 13.6. The Morgan fingerprint density at radius 2 is 1.89 bits per heavy atom. The number of hydrogen-bond acceptors (Lipinski definition) is 2. The fourth-order valence-corrected chi connectivity index (χ4v) is 2.68. The molecule has 0 bridgehead atoms. The van der Waals surface area contributed by atoms with E-state index in [9.17, 15) is 0 Å². The van der Waals surface area contributed by atoms with Crippen molar-refractivity contribution in [3.8, 4) is 5.75 Å². The van der Waals surface area contributed by atoms with Crippen molar-refractivity contribution in [2.45, 2.75) is 38.9 Å². The lowest BCUT2D eigenvalue weighted by Crippen LogP contribution is -2.43. The van der Waals surface area contributed by atoms with E-state index in [4.69, 9.17) is 4.43 Å². The summed E-state index contributed by atoms with van der Waals surface area (Å²) in [5, 5.41) is 5.61. The van der Waals surface area contributed by atoms with Crippen molar-refractivity contribution in [3.63, 3.8) is 0 Å². The standard InChI is InChI=1S/C14H22N2OSi/c1-14(2,3)18(5,6)17-12-7-8-13-11(9-12)10-15-16(13)4/h7-10H,1-6H3. The minimum atomic E-state index is -1.75. The minimum Gasteiger partial charge on any atom is -0.543 e. The average Bonchev–Trinajstić information content (AvgIpc) is 2.58. The van der Waals surface area contributed by atoms with Crippen LogP contribution in [0.1, 0.15) is 20.8 Å². The van der Waals surface area contributed by atoms with Crippen LogP contribution in [-0.4, -0.2) is 18.1 Å². The first-order valence-corrected chi connectivity index (χ1v) is 9.22. The predicted octanol–water partition coefficient (Wildman–Crippen LogP) is 3.96. The van der Waals surface area contributed by atoms with E-state index in [1.165, 1.54) is 0 Å². The normalized spacial score (nSPS) is 13.0. The highest BCUT2D eigenvalue weighted by molar-refractivity contribution is 6.74. The molecule has 0 atom stereocenters. The summed E-state index contributed by atoms with van der Waals surface area (Å²) in [7, 11) is 0.202. The second kappa shape index (κ2) is 4.12. The number of rotatable bonds is 2. The summed E-state index contributed by atoms with van der Waals surface area (Å²) < 4.78 is 8.17. The molecule has 0 saturated carbocycles. The zero-order valence-electron chi connectivity index (χ0n) is 12.1. The van der Waals surface area contributed by atoms with Crippen LogP contribution in [0.2, 0.25) is 18.1 Å². The summed E-state index contributed by atoms with van der Waals surface area (Å²) in [6.45, 7) is 11.3. The number of hydrogen-bond donors (Lipinski definition) is 0. The van der Waals surface area contributed by atoms with Gasteiger partial charge in [-0.1, -0.05) is 20.8 Å². The van der Waals surface area contributed by atoms with Crippen molar-refractivity contribution in [3.05, 3.63) is 24.4 Å². The van der Waals surface area contributed by atoms with Crippen LogP contribution in [0.5, 0.6) is 5.75 Å². The lowest BCUT2D eigenvalue weighted by Gasteiger charge is -2.36. The number of benzene rings is 1. The molecule has 0 N–H and O–H groups in total. The topological polar surface area (TPSA) is 27.1 Å². The maximum absolute atomic E-state index is 6.29. The number of nitrogens with zero attached hydrogens (tertiary/aromatic N) is 2. The van der Waals surface area contributed by atoms with E-state index in [-0.39, 0.29) is 5.04 Å². The Morgan fingerprint density at radius 1 is 1.22 bits per heavy atom. The van der Waals surface area contributed by atoms with Crippen molar-refractivity contribution in [2.24, 2.45) is 7.05 Å². The Morgan fingerprint density at radius 3 is 2.50 bits per heavy atom. The molecule has 0 aliphatic carbocycles. The Bertz CT molecular complexity index is 567. The molecule has 3 nitrogen and oxygen atoms in total. The van der Waals surface area contributed by atoms with Crippen LogP contribution in [0.4, 0.5) is 0 Å². The Labute approximate surface area is 110 Å². The molecule has 1 aromatic heterocycles. The fraction of sp³-hybridized carbons (Fsp3) is 0.500. The molecular weight excluding hydrogens is 240 g/mol. The molecule has 1 heterocycles. The van der Waals surface area contributed by atoms with Gasteiger partial charge in [0.25, 0.3) is 0 Å². The molecule has 2 rings (SSSR count). The van der Waals surface area contributed by atoms with Gasteiger partial charge in [-0.05, 0) is 36.3 Å². The van der Waals surface area contributed by atoms with E-state index in [2.05, 4.69) is 51.1 Å². The molecule has 0 radical (unpaired) electrons. The summed E-state index contributed by atoms with van der Waals surface area (Å²) in [4.78, 5) is 0. The molecule has 0 saturated heterocycles. The van der Waals surface area contributed by atoms with E-state index in [1.54, 1.807) is 0 Å². The molecule has 0 aliphatic heterocycles. The lowest BCUT2D eigenvalue weighted by molar-refractivity contribution is 0.493. The molecule has 98 valence electrons. The van der Waals surface area contributed by atoms with Crippen LogP contribution in [0.3, 0.4) is 0 Å². The Balaban J connectivity index is 2.33. The van der Waals surface area contributed by atoms with Gasteiger partial charge < -0.3 is 4.43 Å². The molecule has 0 fully saturated rings. The zero-order valence-corrected chi connectivity index (χ0v) is 13.1.